The molecule has 1 N–H and O–H groups in total. The van der Waals surface area contributed by atoms with Crippen LogP contribution in [0.25, 0.3) is 0 Å². The fourth-order valence-electron chi connectivity index (χ4n) is 2.75. The van der Waals surface area contributed by atoms with Crippen LogP contribution < -0.4 is 5.32 Å². The summed E-state index contributed by atoms with van der Waals surface area (Å²) in [5.41, 5.74) is 0.486. The summed E-state index contributed by atoms with van der Waals surface area (Å²) in [5.74, 6) is 0.481. The second-order valence-corrected chi connectivity index (χ2v) is 6.57. The lowest BCUT2D eigenvalue weighted by atomic mass is 10.1. The van der Waals surface area contributed by atoms with Crippen molar-refractivity contribution in [2.45, 2.75) is 44.6 Å². The van der Waals surface area contributed by atoms with Gasteiger partial charge in [-0.3, -0.25) is 4.79 Å². The van der Waals surface area contributed by atoms with E-state index in [-0.39, 0.29) is 5.91 Å². The smallest absolute Gasteiger partial charge is 0.254 e. The molecule has 1 aliphatic rings. The average Bonchev–Trinajstić information content (AvgIpc) is 2.80. The van der Waals surface area contributed by atoms with Crippen molar-refractivity contribution in [1.82, 2.24) is 9.88 Å². The number of aromatic nitrogens is 1. The van der Waals surface area contributed by atoms with E-state index in [0.717, 1.165) is 0 Å². The molecule has 0 radical (unpaired) electrons. The van der Waals surface area contributed by atoms with E-state index >= 15 is 0 Å². The molecule has 5 nitrogen and oxygen atoms in total. The minimum atomic E-state index is -0.109. The molecule has 0 aliphatic heterocycles. The third-order valence-corrected chi connectivity index (χ3v) is 4.33. The van der Waals surface area contributed by atoms with Crippen molar-refractivity contribution < 1.29 is 9.53 Å². The normalized spacial score (nSPS) is 16.0. The highest BCUT2D eigenvalue weighted by molar-refractivity contribution is 6.33. The molecule has 1 amide bonds. The van der Waals surface area contributed by atoms with Crippen LogP contribution in [0, 0.1) is 0 Å². The van der Waals surface area contributed by atoms with E-state index in [0.29, 0.717) is 35.7 Å². The maximum atomic E-state index is 11.9. The van der Waals surface area contributed by atoms with Crippen LogP contribution in [0.1, 0.15) is 48.9 Å². The molecule has 0 unspecified atom stereocenters. The van der Waals surface area contributed by atoms with Crippen molar-refractivity contribution in [2.24, 2.45) is 0 Å². The van der Waals surface area contributed by atoms with Crippen LogP contribution in [0.15, 0.2) is 12.3 Å². The van der Waals surface area contributed by atoms with Gasteiger partial charge < -0.3 is 15.0 Å². The van der Waals surface area contributed by atoms with Crippen LogP contribution in [0.5, 0.6) is 0 Å². The number of hydrogen-bond acceptors (Lipinski definition) is 4. The molecule has 1 saturated carbocycles. The quantitative estimate of drug-likeness (QED) is 0.635. The molecule has 0 spiro atoms. The number of amides is 1. The highest BCUT2D eigenvalue weighted by atomic mass is 35.5. The second-order valence-electron chi connectivity index (χ2n) is 6.17. The van der Waals surface area contributed by atoms with Gasteiger partial charge in [0.05, 0.1) is 23.3 Å². The first-order chi connectivity index (χ1) is 11.1. The molecule has 0 atom stereocenters. The Labute approximate surface area is 143 Å². The summed E-state index contributed by atoms with van der Waals surface area (Å²) in [4.78, 5) is 17.6. The summed E-state index contributed by atoms with van der Waals surface area (Å²) in [6.45, 7) is 1.30. The van der Waals surface area contributed by atoms with E-state index in [2.05, 4.69) is 10.3 Å². The number of nitrogens with one attached hydrogen (secondary N) is 1. The van der Waals surface area contributed by atoms with Crippen molar-refractivity contribution in [3.8, 4) is 0 Å². The maximum absolute atomic E-state index is 11.9. The Morgan fingerprint density at radius 3 is 2.65 bits per heavy atom. The number of nitrogens with zero attached hydrogens (tertiary/aromatic N) is 2. The number of carbonyl (C=O) groups is 1. The van der Waals surface area contributed by atoms with Crippen molar-refractivity contribution in [3.63, 3.8) is 0 Å². The molecule has 1 fully saturated rings. The molecule has 1 aromatic rings. The topological polar surface area (TPSA) is 54.5 Å². The first-order valence-electron chi connectivity index (χ1n) is 8.30. The van der Waals surface area contributed by atoms with Gasteiger partial charge in [0.2, 0.25) is 0 Å². The summed E-state index contributed by atoms with van der Waals surface area (Å²) in [6.07, 6.45) is 9.47. The molecule has 6 heteroatoms. The average molecular weight is 340 g/mol. The number of pyridine rings is 1. The molecule has 1 aromatic heterocycles. The van der Waals surface area contributed by atoms with E-state index in [9.17, 15) is 4.79 Å². The number of anilines is 1. The van der Waals surface area contributed by atoms with Gasteiger partial charge in [0.25, 0.3) is 5.91 Å². The largest absolute Gasteiger partial charge is 0.376 e. The van der Waals surface area contributed by atoms with Gasteiger partial charge in [-0.2, -0.15) is 0 Å². The molecular weight excluding hydrogens is 314 g/mol. The Balaban J connectivity index is 1.78. The SMILES string of the molecule is CN(C)C(=O)c1cnc(NCCOC2CCCCCC2)c(Cl)c1. The van der Waals surface area contributed by atoms with Crippen molar-refractivity contribution in [2.75, 3.05) is 32.6 Å². The summed E-state index contributed by atoms with van der Waals surface area (Å²) < 4.78 is 5.92. The van der Waals surface area contributed by atoms with Crippen LogP contribution >= 0.6 is 11.6 Å². The zero-order valence-corrected chi connectivity index (χ0v) is 14.7. The molecule has 128 valence electrons. The molecular formula is C17H26ClN3O2. The standard InChI is InChI=1S/C17H26ClN3O2/c1-21(2)17(22)13-11-15(18)16(20-12-13)19-9-10-23-14-7-5-3-4-6-8-14/h11-12,14H,3-10H2,1-2H3,(H,19,20). The fourth-order valence-corrected chi connectivity index (χ4v) is 2.98. The van der Waals surface area contributed by atoms with Gasteiger partial charge in [-0.15, -0.1) is 0 Å². The van der Waals surface area contributed by atoms with Crippen molar-refractivity contribution in [1.29, 1.82) is 0 Å². The maximum Gasteiger partial charge on any atom is 0.254 e. The third-order valence-electron chi connectivity index (χ3n) is 4.04. The summed E-state index contributed by atoms with van der Waals surface area (Å²) >= 11 is 6.19. The number of rotatable bonds is 6. The molecule has 0 saturated heterocycles. The predicted octanol–water partition coefficient (Wildman–Crippen LogP) is 3.59. The minimum absolute atomic E-state index is 0.109. The van der Waals surface area contributed by atoms with E-state index in [1.54, 1.807) is 26.4 Å². The number of carbonyl (C=O) groups excluding carboxylic acids is 1. The van der Waals surface area contributed by atoms with Crippen LogP contribution in [0.2, 0.25) is 5.02 Å². The minimum Gasteiger partial charge on any atom is -0.376 e. The van der Waals surface area contributed by atoms with Gasteiger partial charge in [0, 0.05) is 26.8 Å². The highest BCUT2D eigenvalue weighted by Crippen LogP contribution is 2.21. The Morgan fingerprint density at radius 2 is 2.04 bits per heavy atom. The van der Waals surface area contributed by atoms with Crippen LogP contribution in [-0.2, 0) is 4.74 Å². The van der Waals surface area contributed by atoms with Gasteiger partial charge in [0.15, 0.2) is 0 Å². The van der Waals surface area contributed by atoms with Gasteiger partial charge >= 0.3 is 0 Å². The Morgan fingerprint density at radius 1 is 1.35 bits per heavy atom. The molecule has 2 rings (SSSR count). The molecule has 1 aliphatic carbocycles. The first-order valence-corrected chi connectivity index (χ1v) is 8.68. The van der Waals surface area contributed by atoms with Crippen LogP contribution in [-0.4, -0.2) is 49.1 Å². The lowest BCUT2D eigenvalue weighted by Crippen LogP contribution is -2.22. The molecule has 23 heavy (non-hydrogen) atoms. The molecule has 0 aromatic carbocycles. The number of ether oxygens (including phenoxy) is 1. The van der Waals surface area contributed by atoms with Crippen LogP contribution in [0.4, 0.5) is 5.82 Å². The lowest BCUT2D eigenvalue weighted by molar-refractivity contribution is 0.0501. The van der Waals surface area contributed by atoms with E-state index in [1.807, 2.05) is 0 Å². The van der Waals surface area contributed by atoms with E-state index in [4.69, 9.17) is 16.3 Å². The van der Waals surface area contributed by atoms with Crippen LogP contribution in [0.3, 0.4) is 0 Å². The highest BCUT2D eigenvalue weighted by Gasteiger charge is 2.13. The predicted molar refractivity (Wildman–Crippen MR) is 93.2 cm³/mol. The monoisotopic (exact) mass is 339 g/mol. The van der Waals surface area contributed by atoms with Gasteiger partial charge in [-0.1, -0.05) is 37.3 Å². The molecule has 0 bridgehead atoms. The zero-order chi connectivity index (χ0) is 16.7. The summed E-state index contributed by atoms with van der Waals surface area (Å²) in [5, 5.41) is 3.62. The Bertz CT molecular complexity index is 515. The Hall–Kier alpha value is -1.33. The van der Waals surface area contributed by atoms with Crippen molar-refractivity contribution >= 4 is 23.3 Å². The summed E-state index contributed by atoms with van der Waals surface area (Å²) in [7, 11) is 3.40. The fraction of sp³-hybridized carbons (Fsp3) is 0.647. The Kier molecular flexibility index (Phi) is 7.12. The van der Waals surface area contributed by atoms with Gasteiger partial charge in [0.1, 0.15) is 5.82 Å². The van der Waals surface area contributed by atoms with Gasteiger partial charge in [-0.25, -0.2) is 4.98 Å². The van der Waals surface area contributed by atoms with Gasteiger partial charge in [-0.05, 0) is 18.9 Å². The first kappa shape index (κ1) is 18.0. The number of halogens is 1. The number of hydrogen-bond donors (Lipinski definition) is 1. The van der Waals surface area contributed by atoms with E-state index < -0.39 is 0 Å². The zero-order valence-electron chi connectivity index (χ0n) is 14.0. The second kappa shape index (κ2) is 9.08. The molecule has 1 heterocycles. The third kappa shape index (κ3) is 5.66. The lowest BCUT2D eigenvalue weighted by Gasteiger charge is -2.16. The summed E-state index contributed by atoms with van der Waals surface area (Å²) in [6, 6.07) is 1.64. The van der Waals surface area contributed by atoms with E-state index in [1.165, 1.54) is 43.4 Å². The van der Waals surface area contributed by atoms with Crippen molar-refractivity contribution in [3.05, 3.63) is 22.8 Å².